The third-order valence-electron chi connectivity index (χ3n) is 4.87. The van der Waals surface area contributed by atoms with E-state index in [0.717, 1.165) is 35.1 Å². The van der Waals surface area contributed by atoms with Gasteiger partial charge in [-0.3, -0.25) is 14.5 Å². The molecule has 1 aliphatic rings. The number of rotatable bonds is 5. The van der Waals surface area contributed by atoms with Gasteiger partial charge in [-0.25, -0.2) is 0 Å². The summed E-state index contributed by atoms with van der Waals surface area (Å²) in [7, 11) is 0. The molecule has 1 saturated heterocycles. The van der Waals surface area contributed by atoms with E-state index >= 15 is 0 Å². The summed E-state index contributed by atoms with van der Waals surface area (Å²) in [6.45, 7) is 12.2. The van der Waals surface area contributed by atoms with Gasteiger partial charge in [0.1, 0.15) is 0 Å². The fourth-order valence-electron chi connectivity index (χ4n) is 3.53. The molecule has 3 rings (SSSR count). The van der Waals surface area contributed by atoms with Crippen LogP contribution in [0.25, 0.3) is 11.8 Å². The van der Waals surface area contributed by atoms with Gasteiger partial charge in [0.25, 0.3) is 11.1 Å². The highest BCUT2D eigenvalue weighted by Gasteiger charge is 2.34. The summed E-state index contributed by atoms with van der Waals surface area (Å²) in [4.78, 5) is 26.2. The summed E-state index contributed by atoms with van der Waals surface area (Å²) in [5.74, 6) is -0.250. The highest BCUT2D eigenvalue weighted by Crippen LogP contribution is 2.34. The molecule has 0 saturated carbocycles. The molecule has 0 bridgehead atoms. The number of carbonyl (C=O) groups excluding carboxylic acids is 2. The molecule has 2 aromatic rings. The standard InChI is InChI=1S/C22H24N2O2S/c1-6-11-23-21(25)19(27-22(23)26)13-18-12-15(4)24(16(18)5)20-14(3)9-8-10-17(20)7-2/h6,8-10,12-13H,1,7,11H2,2-5H3/b19-13-. The van der Waals surface area contributed by atoms with Crippen LogP contribution in [0.5, 0.6) is 0 Å². The van der Waals surface area contributed by atoms with Crippen LogP contribution in [0.4, 0.5) is 4.79 Å². The Labute approximate surface area is 164 Å². The number of thioether (sulfide) groups is 1. The lowest BCUT2D eigenvalue weighted by atomic mass is 10.1. The zero-order chi connectivity index (χ0) is 19.7. The zero-order valence-electron chi connectivity index (χ0n) is 16.2. The SMILES string of the molecule is C=CCN1C(=O)S/C(=C\c2cc(C)n(-c3c(C)cccc3CC)c2C)C1=O. The molecule has 4 nitrogen and oxygen atoms in total. The van der Waals surface area contributed by atoms with Crippen molar-refractivity contribution in [2.75, 3.05) is 6.54 Å². The van der Waals surface area contributed by atoms with Crippen molar-refractivity contribution in [3.8, 4) is 5.69 Å². The molecular formula is C22H24N2O2S. The molecule has 1 aromatic heterocycles. The Balaban J connectivity index is 2.07. The summed E-state index contributed by atoms with van der Waals surface area (Å²) in [6, 6.07) is 8.43. The summed E-state index contributed by atoms with van der Waals surface area (Å²) in [6.07, 6.45) is 4.34. The van der Waals surface area contributed by atoms with Crippen LogP contribution in [0, 0.1) is 20.8 Å². The molecule has 2 amide bonds. The van der Waals surface area contributed by atoms with Crippen LogP contribution in [-0.2, 0) is 11.2 Å². The molecule has 27 heavy (non-hydrogen) atoms. The lowest BCUT2D eigenvalue weighted by Gasteiger charge is -2.17. The Morgan fingerprint density at radius 1 is 1.19 bits per heavy atom. The average molecular weight is 381 g/mol. The lowest BCUT2D eigenvalue weighted by molar-refractivity contribution is -0.122. The van der Waals surface area contributed by atoms with E-state index < -0.39 is 0 Å². The third-order valence-corrected chi connectivity index (χ3v) is 5.78. The van der Waals surface area contributed by atoms with Crippen LogP contribution in [-0.4, -0.2) is 27.2 Å². The topological polar surface area (TPSA) is 42.3 Å². The summed E-state index contributed by atoms with van der Waals surface area (Å²) in [5.41, 5.74) is 6.83. The Kier molecular flexibility index (Phi) is 5.42. The number of imide groups is 1. The number of para-hydroxylation sites is 1. The lowest BCUT2D eigenvalue weighted by Crippen LogP contribution is -2.27. The highest BCUT2D eigenvalue weighted by molar-refractivity contribution is 8.18. The monoisotopic (exact) mass is 380 g/mol. The van der Waals surface area contributed by atoms with Gasteiger partial charge in [-0.2, -0.15) is 0 Å². The Morgan fingerprint density at radius 3 is 2.59 bits per heavy atom. The molecule has 5 heteroatoms. The molecule has 140 valence electrons. The average Bonchev–Trinajstić information content (AvgIpc) is 3.05. The molecule has 0 N–H and O–H groups in total. The van der Waals surface area contributed by atoms with Gasteiger partial charge in [-0.15, -0.1) is 6.58 Å². The second-order valence-electron chi connectivity index (χ2n) is 6.68. The van der Waals surface area contributed by atoms with Crippen LogP contribution in [0.2, 0.25) is 0 Å². The minimum absolute atomic E-state index is 0.240. The van der Waals surface area contributed by atoms with Gasteiger partial charge >= 0.3 is 0 Å². The van der Waals surface area contributed by atoms with Crippen LogP contribution in [0.1, 0.15) is 35.0 Å². The van der Waals surface area contributed by atoms with Crippen molar-refractivity contribution in [3.63, 3.8) is 0 Å². The van der Waals surface area contributed by atoms with E-state index in [1.165, 1.54) is 21.7 Å². The number of hydrogen-bond donors (Lipinski definition) is 0. The number of nitrogens with zero attached hydrogens (tertiary/aromatic N) is 2. The maximum atomic E-state index is 12.5. The predicted molar refractivity (Wildman–Crippen MR) is 112 cm³/mol. The second-order valence-corrected chi connectivity index (χ2v) is 7.67. The van der Waals surface area contributed by atoms with E-state index in [1.807, 2.05) is 6.08 Å². The largest absolute Gasteiger partial charge is 0.317 e. The third kappa shape index (κ3) is 3.39. The maximum absolute atomic E-state index is 12.5. The number of aryl methyl sites for hydroxylation is 3. The summed E-state index contributed by atoms with van der Waals surface area (Å²) < 4.78 is 2.24. The number of hydrogen-bond acceptors (Lipinski definition) is 3. The fraction of sp³-hybridized carbons (Fsp3) is 0.273. The predicted octanol–water partition coefficient (Wildman–Crippen LogP) is 5.19. The molecule has 2 heterocycles. The van der Waals surface area contributed by atoms with Crippen molar-refractivity contribution in [2.24, 2.45) is 0 Å². The molecule has 1 aliphatic heterocycles. The van der Waals surface area contributed by atoms with Gasteiger partial charge < -0.3 is 4.57 Å². The van der Waals surface area contributed by atoms with Crippen LogP contribution < -0.4 is 0 Å². The molecule has 0 unspecified atom stereocenters. The number of aromatic nitrogens is 1. The fourth-order valence-corrected chi connectivity index (χ4v) is 4.37. The summed E-state index contributed by atoms with van der Waals surface area (Å²) >= 11 is 0.989. The Morgan fingerprint density at radius 2 is 1.93 bits per heavy atom. The van der Waals surface area contributed by atoms with E-state index in [-0.39, 0.29) is 17.7 Å². The smallest absolute Gasteiger partial charge is 0.293 e. The zero-order valence-corrected chi connectivity index (χ0v) is 17.0. The first-order valence-corrected chi connectivity index (χ1v) is 9.84. The van der Waals surface area contributed by atoms with E-state index in [4.69, 9.17) is 0 Å². The minimum Gasteiger partial charge on any atom is -0.317 e. The van der Waals surface area contributed by atoms with Gasteiger partial charge in [0.2, 0.25) is 0 Å². The van der Waals surface area contributed by atoms with Crippen molar-refractivity contribution < 1.29 is 9.59 Å². The van der Waals surface area contributed by atoms with Crippen molar-refractivity contribution in [1.82, 2.24) is 9.47 Å². The van der Waals surface area contributed by atoms with E-state index in [2.05, 4.69) is 63.1 Å². The second kappa shape index (κ2) is 7.61. The quantitative estimate of drug-likeness (QED) is 0.530. The van der Waals surface area contributed by atoms with Crippen LogP contribution in [0.3, 0.4) is 0 Å². The van der Waals surface area contributed by atoms with Gasteiger partial charge in [0, 0.05) is 17.9 Å². The number of carbonyl (C=O) groups is 2. The van der Waals surface area contributed by atoms with Crippen molar-refractivity contribution in [1.29, 1.82) is 0 Å². The first-order valence-electron chi connectivity index (χ1n) is 9.03. The van der Waals surface area contributed by atoms with Crippen molar-refractivity contribution >= 4 is 29.0 Å². The highest BCUT2D eigenvalue weighted by atomic mass is 32.2. The molecule has 0 atom stereocenters. The Bertz CT molecular complexity index is 969. The molecule has 0 radical (unpaired) electrons. The van der Waals surface area contributed by atoms with Gasteiger partial charge in [-0.05, 0) is 67.8 Å². The summed E-state index contributed by atoms with van der Waals surface area (Å²) in [5, 5.41) is -0.243. The number of amides is 2. The first kappa shape index (κ1) is 19.2. The molecular weight excluding hydrogens is 356 g/mol. The van der Waals surface area contributed by atoms with E-state index in [9.17, 15) is 9.59 Å². The molecule has 0 spiro atoms. The van der Waals surface area contributed by atoms with Gasteiger partial charge in [-0.1, -0.05) is 31.2 Å². The molecule has 1 fully saturated rings. The molecule has 1 aromatic carbocycles. The van der Waals surface area contributed by atoms with Crippen LogP contribution >= 0.6 is 11.8 Å². The first-order chi connectivity index (χ1) is 12.9. The van der Waals surface area contributed by atoms with E-state index in [0.29, 0.717) is 4.91 Å². The maximum Gasteiger partial charge on any atom is 0.293 e. The normalized spacial score (nSPS) is 15.9. The minimum atomic E-state index is -0.250. The number of benzene rings is 1. The van der Waals surface area contributed by atoms with E-state index in [1.54, 1.807) is 6.08 Å². The Hall–Kier alpha value is -2.53. The van der Waals surface area contributed by atoms with Crippen LogP contribution in [0.15, 0.2) is 41.8 Å². The van der Waals surface area contributed by atoms with Crippen molar-refractivity contribution in [3.05, 3.63) is 69.9 Å². The van der Waals surface area contributed by atoms with Crippen molar-refractivity contribution in [2.45, 2.75) is 34.1 Å². The van der Waals surface area contributed by atoms with Gasteiger partial charge in [0.05, 0.1) is 10.6 Å². The van der Waals surface area contributed by atoms with Gasteiger partial charge in [0.15, 0.2) is 0 Å². The molecule has 0 aliphatic carbocycles.